The van der Waals surface area contributed by atoms with E-state index in [4.69, 9.17) is 0 Å². The first kappa shape index (κ1) is 17.6. The van der Waals surface area contributed by atoms with Gasteiger partial charge in [0.2, 0.25) is 0 Å². The minimum atomic E-state index is -5.92. The average Bonchev–Trinajstić information content (AvgIpc) is 2.46. The summed E-state index contributed by atoms with van der Waals surface area (Å²) in [5.41, 5.74) is -6.24. The summed E-state index contributed by atoms with van der Waals surface area (Å²) in [7, 11) is 0. The van der Waals surface area contributed by atoms with Crippen LogP contribution in [0.1, 0.15) is 5.56 Å². The van der Waals surface area contributed by atoms with Crippen molar-refractivity contribution < 1.29 is 31.4 Å². The Morgan fingerprint density at radius 3 is 1.91 bits per heavy atom. The van der Waals surface area contributed by atoms with Gasteiger partial charge in [0.15, 0.2) is 0 Å². The Labute approximate surface area is 131 Å². The van der Waals surface area contributed by atoms with Crippen LogP contribution in [0.15, 0.2) is 58.6 Å². The van der Waals surface area contributed by atoms with Crippen molar-refractivity contribution in [1.29, 1.82) is 0 Å². The second kappa shape index (κ2) is 6.04. The Morgan fingerprint density at radius 1 is 0.826 bits per heavy atom. The van der Waals surface area contributed by atoms with Gasteiger partial charge in [-0.1, -0.05) is 36.0 Å². The normalized spacial score (nSPS) is 13.2. The maximum atomic E-state index is 13.0. The third-order valence-corrected chi connectivity index (χ3v) is 3.98. The minimum Gasteiger partial charge on any atom is -0.369 e. The van der Waals surface area contributed by atoms with Crippen LogP contribution in [0, 0.1) is 0 Å². The van der Waals surface area contributed by atoms with Crippen LogP contribution >= 0.6 is 11.8 Å². The lowest BCUT2D eigenvalue weighted by atomic mass is 9.92. The Balaban J connectivity index is 2.58. The van der Waals surface area contributed by atoms with Crippen molar-refractivity contribution in [3.8, 4) is 0 Å². The van der Waals surface area contributed by atoms with Gasteiger partial charge in [-0.3, -0.25) is 0 Å². The average molecular weight is 353 g/mol. The van der Waals surface area contributed by atoms with E-state index in [1.165, 1.54) is 24.4 Å². The molecule has 124 valence electrons. The van der Waals surface area contributed by atoms with E-state index in [0.29, 0.717) is 17.8 Å². The number of aromatic nitrogens is 1. The smallest absolute Gasteiger partial charge is 0.369 e. The molecule has 0 unspecified atom stereocenters. The van der Waals surface area contributed by atoms with Crippen LogP contribution in [0.4, 0.5) is 26.3 Å². The number of pyridine rings is 1. The molecule has 2 nitrogen and oxygen atoms in total. The molecule has 23 heavy (non-hydrogen) atoms. The van der Waals surface area contributed by atoms with E-state index in [0.717, 1.165) is 12.1 Å². The van der Waals surface area contributed by atoms with Gasteiger partial charge in [0.05, 0.1) is 0 Å². The van der Waals surface area contributed by atoms with Crippen LogP contribution in [0.25, 0.3) is 0 Å². The Bertz CT molecular complexity index is 657. The summed E-state index contributed by atoms with van der Waals surface area (Å²) in [5.74, 6) is 0. The fraction of sp³-hybridized carbons (Fsp3) is 0.214. The van der Waals surface area contributed by atoms with Crippen molar-refractivity contribution in [1.82, 2.24) is 4.98 Å². The predicted molar refractivity (Wildman–Crippen MR) is 70.8 cm³/mol. The quantitative estimate of drug-likeness (QED) is 0.822. The molecular formula is C14H9F6NOS. The summed E-state index contributed by atoms with van der Waals surface area (Å²) in [4.78, 5) is 3.45. The van der Waals surface area contributed by atoms with Crippen molar-refractivity contribution in [2.24, 2.45) is 0 Å². The number of benzene rings is 1. The number of hydrogen-bond donors (Lipinski definition) is 1. The first-order valence-corrected chi connectivity index (χ1v) is 6.93. The molecule has 1 aromatic heterocycles. The Hall–Kier alpha value is -1.74. The van der Waals surface area contributed by atoms with E-state index in [1.54, 1.807) is 6.07 Å². The lowest BCUT2D eigenvalue weighted by Gasteiger charge is -2.33. The van der Waals surface area contributed by atoms with Gasteiger partial charge in [-0.25, -0.2) is 4.98 Å². The van der Waals surface area contributed by atoms with Crippen LogP contribution in [0.2, 0.25) is 0 Å². The zero-order valence-corrected chi connectivity index (χ0v) is 12.0. The van der Waals surface area contributed by atoms with E-state index >= 15 is 0 Å². The highest BCUT2D eigenvalue weighted by molar-refractivity contribution is 7.99. The lowest BCUT2D eigenvalue weighted by Crippen LogP contribution is -2.54. The zero-order valence-electron chi connectivity index (χ0n) is 11.2. The molecule has 0 aliphatic rings. The summed E-state index contributed by atoms with van der Waals surface area (Å²) >= 11 is 0.602. The fourth-order valence-electron chi connectivity index (χ4n) is 1.84. The lowest BCUT2D eigenvalue weighted by molar-refractivity contribution is -0.377. The Kier molecular flexibility index (Phi) is 4.63. The maximum absolute atomic E-state index is 13.0. The second-order valence-electron chi connectivity index (χ2n) is 4.47. The molecule has 0 fully saturated rings. The summed E-state index contributed by atoms with van der Waals surface area (Å²) in [6, 6.07) is 8.47. The molecule has 0 aliphatic carbocycles. The van der Waals surface area contributed by atoms with E-state index in [1.807, 2.05) is 0 Å². The molecule has 0 aliphatic heterocycles. The van der Waals surface area contributed by atoms with Crippen LogP contribution in [-0.4, -0.2) is 22.4 Å². The maximum Gasteiger partial charge on any atom is 0.430 e. The number of aliphatic hydroxyl groups is 1. The van der Waals surface area contributed by atoms with Gasteiger partial charge >= 0.3 is 12.4 Å². The van der Waals surface area contributed by atoms with Gasteiger partial charge in [-0.15, -0.1) is 0 Å². The molecule has 2 aromatic rings. The molecule has 1 N–H and O–H groups in total. The molecule has 1 heterocycles. The molecule has 9 heteroatoms. The van der Waals surface area contributed by atoms with Crippen LogP contribution < -0.4 is 0 Å². The van der Waals surface area contributed by atoms with Crippen molar-refractivity contribution in [3.05, 3.63) is 54.2 Å². The summed E-state index contributed by atoms with van der Waals surface area (Å²) < 4.78 is 78.1. The van der Waals surface area contributed by atoms with E-state index in [2.05, 4.69) is 4.98 Å². The van der Waals surface area contributed by atoms with Crippen LogP contribution in [0.5, 0.6) is 0 Å². The SMILES string of the molecule is OC(c1ccccc1Sc1ccccn1)(C(F)(F)F)C(F)(F)F. The van der Waals surface area contributed by atoms with E-state index < -0.39 is 23.5 Å². The molecule has 0 spiro atoms. The molecule has 0 saturated heterocycles. The van der Waals surface area contributed by atoms with Gasteiger partial charge in [0.25, 0.3) is 5.60 Å². The second-order valence-corrected chi connectivity index (χ2v) is 5.53. The molecule has 0 amide bonds. The van der Waals surface area contributed by atoms with Gasteiger partial charge in [0, 0.05) is 16.7 Å². The predicted octanol–water partition coefficient (Wildman–Crippen LogP) is 4.55. The molecular weight excluding hydrogens is 344 g/mol. The minimum absolute atomic E-state index is 0.201. The van der Waals surface area contributed by atoms with Crippen LogP contribution in [-0.2, 0) is 5.60 Å². The molecule has 0 bridgehead atoms. The monoisotopic (exact) mass is 353 g/mol. The van der Waals surface area contributed by atoms with Crippen molar-refractivity contribution in [2.75, 3.05) is 0 Å². The molecule has 0 radical (unpaired) electrons. The van der Waals surface area contributed by atoms with Gasteiger partial charge in [0.1, 0.15) is 5.03 Å². The molecule has 2 rings (SSSR count). The first-order chi connectivity index (χ1) is 10.6. The summed E-state index contributed by atoms with van der Waals surface area (Å²) in [5, 5.41) is 9.73. The largest absolute Gasteiger partial charge is 0.430 e. The topological polar surface area (TPSA) is 33.1 Å². The molecule has 0 saturated carbocycles. The third-order valence-electron chi connectivity index (χ3n) is 2.95. The van der Waals surface area contributed by atoms with Gasteiger partial charge in [-0.05, 0) is 18.2 Å². The van der Waals surface area contributed by atoms with E-state index in [-0.39, 0.29) is 9.92 Å². The van der Waals surface area contributed by atoms with Gasteiger partial charge < -0.3 is 5.11 Å². The van der Waals surface area contributed by atoms with Crippen LogP contribution in [0.3, 0.4) is 0 Å². The van der Waals surface area contributed by atoms with Crippen molar-refractivity contribution in [2.45, 2.75) is 27.9 Å². The summed E-state index contributed by atoms with van der Waals surface area (Å²) in [6.07, 6.45) is -10.5. The number of alkyl halides is 6. The highest BCUT2D eigenvalue weighted by atomic mass is 32.2. The van der Waals surface area contributed by atoms with Crippen molar-refractivity contribution in [3.63, 3.8) is 0 Å². The number of rotatable bonds is 3. The number of hydrogen-bond acceptors (Lipinski definition) is 3. The summed E-state index contributed by atoms with van der Waals surface area (Å²) in [6.45, 7) is 0. The van der Waals surface area contributed by atoms with E-state index in [9.17, 15) is 31.4 Å². The van der Waals surface area contributed by atoms with Crippen molar-refractivity contribution >= 4 is 11.8 Å². The molecule has 1 aromatic carbocycles. The number of nitrogens with zero attached hydrogens (tertiary/aromatic N) is 1. The van der Waals surface area contributed by atoms with Gasteiger partial charge in [-0.2, -0.15) is 26.3 Å². The Morgan fingerprint density at radius 2 is 1.39 bits per heavy atom. The highest BCUT2D eigenvalue weighted by Crippen LogP contribution is 2.52. The molecule has 0 atom stereocenters. The third kappa shape index (κ3) is 3.30. The zero-order chi connectivity index (χ0) is 17.3. The standard InChI is InChI=1S/C14H9F6NOS/c15-13(16,17)12(22,14(18,19)20)9-5-1-2-6-10(9)23-11-7-3-4-8-21-11/h1-8,22H. The highest BCUT2D eigenvalue weighted by Gasteiger charge is 2.72. The fourth-order valence-corrected chi connectivity index (χ4v) is 2.80. The first-order valence-electron chi connectivity index (χ1n) is 6.11. The number of halogens is 6.